The normalized spacial score (nSPS) is 22.6. The summed E-state index contributed by atoms with van der Waals surface area (Å²) in [7, 11) is 0. The Hall–Kier alpha value is -2.41. The van der Waals surface area contributed by atoms with Crippen LogP contribution in [0.15, 0.2) is 23.1 Å². The van der Waals surface area contributed by atoms with Gasteiger partial charge in [-0.25, -0.2) is 9.18 Å². The zero-order valence-corrected chi connectivity index (χ0v) is 14.0. The molecule has 0 amide bonds. The Labute approximate surface area is 143 Å². The summed E-state index contributed by atoms with van der Waals surface area (Å²) in [6, 6.07) is 3.33. The van der Waals surface area contributed by atoms with Gasteiger partial charge in [0.1, 0.15) is 11.4 Å². The number of anilines is 1. The van der Waals surface area contributed by atoms with Crippen molar-refractivity contribution >= 4 is 22.6 Å². The van der Waals surface area contributed by atoms with E-state index in [2.05, 4.69) is 5.32 Å². The lowest BCUT2D eigenvalue weighted by molar-refractivity contribution is 0.0695. The summed E-state index contributed by atoms with van der Waals surface area (Å²) in [4.78, 5) is 26.3. The first-order chi connectivity index (χ1) is 12.0. The number of aryl methyl sites for hydroxylation is 1. The van der Waals surface area contributed by atoms with Crippen LogP contribution in [0.4, 0.5) is 10.1 Å². The number of nitrogens with zero attached hydrogens (tertiary/aromatic N) is 2. The fourth-order valence-corrected chi connectivity index (χ4v) is 4.11. The molecule has 2 N–H and O–H groups in total. The predicted octanol–water partition coefficient (Wildman–Crippen LogP) is 1.80. The van der Waals surface area contributed by atoms with Crippen LogP contribution in [0.3, 0.4) is 0 Å². The Morgan fingerprint density at radius 1 is 1.40 bits per heavy atom. The molecule has 2 unspecified atom stereocenters. The van der Waals surface area contributed by atoms with Crippen molar-refractivity contribution in [2.45, 2.75) is 38.4 Å². The van der Waals surface area contributed by atoms with Crippen molar-refractivity contribution in [3.05, 3.63) is 39.9 Å². The van der Waals surface area contributed by atoms with E-state index in [1.54, 1.807) is 10.6 Å². The number of nitrogens with one attached hydrogen (secondary N) is 1. The molecule has 2 aromatic rings. The van der Waals surface area contributed by atoms with Crippen LogP contribution in [-0.2, 0) is 6.54 Å². The van der Waals surface area contributed by atoms with Gasteiger partial charge in [0.05, 0.1) is 16.6 Å². The first-order valence-corrected chi connectivity index (χ1v) is 8.60. The second-order valence-electron chi connectivity index (χ2n) is 6.74. The third-order valence-corrected chi connectivity index (χ3v) is 5.38. The molecule has 6 nitrogen and oxygen atoms in total. The van der Waals surface area contributed by atoms with E-state index in [-0.39, 0.29) is 28.7 Å². The molecule has 0 radical (unpaired) electrons. The summed E-state index contributed by atoms with van der Waals surface area (Å²) in [6.45, 7) is 3.74. The number of halogens is 1. The standard InChI is InChI=1S/C18H20FN3O3/c1-2-21-9-12(18(24)25)17(23)15-14(21)6-5-13(19)16(15)22-8-10-3-4-11(22)7-20-10/h5-6,9-11,20H,2-4,7-8H2,1H3,(H,24,25). The molecule has 3 aliphatic rings. The van der Waals surface area contributed by atoms with Gasteiger partial charge in [-0.2, -0.15) is 0 Å². The van der Waals surface area contributed by atoms with Crippen LogP contribution in [0.1, 0.15) is 30.1 Å². The van der Waals surface area contributed by atoms with Gasteiger partial charge in [-0.3, -0.25) is 4.79 Å². The molecular weight excluding hydrogens is 325 g/mol. The van der Waals surface area contributed by atoms with Gasteiger partial charge in [0.2, 0.25) is 5.43 Å². The number of pyridine rings is 1. The lowest BCUT2D eigenvalue weighted by Gasteiger charge is -2.47. The van der Waals surface area contributed by atoms with Crippen LogP contribution in [0.5, 0.6) is 0 Å². The summed E-state index contributed by atoms with van der Waals surface area (Å²) in [5.41, 5.74) is -0.107. The lowest BCUT2D eigenvalue weighted by Crippen LogP contribution is -2.61. The summed E-state index contributed by atoms with van der Waals surface area (Å²) < 4.78 is 16.5. The van der Waals surface area contributed by atoms with E-state index < -0.39 is 17.2 Å². The molecule has 1 aromatic heterocycles. The number of rotatable bonds is 3. The van der Waals surface area contributed by atoms with Crippen molar-refractivity contribution in [2.24, 2.45) is 0 Å². The number of carboxylic acid groups (broad SMARTS) is 1. The molecule has 4 heterocycles. The molecule has 1 aromatic carbocycles. The molecular formula is C18H20FN3O3. The predicted molar refractivity (Wildman–Crippen MR) is 93.0 cm³/mol. The minimum absolute atomic E-state index is 0.119. The molecule has 0 saturated carbocycles. The third kappa shape index (κ3) is 2.41. The number of aromatic nitrogens is 1. The van der Waals surface area contributed by atoms with Gasteiger partial charge in [0.15, 0.2) is 0 Å². The van der Waals surface area contributed by atoms with E-state index in [0.717, 1.165) is 19.4 Å². The first kappa shape index (κ1) is 16.1. The molecule has 0 aliphatic carbocycles. The van der Waals surface area contributed by atoms with Crippen LogP contribution in [-0.4, -0.2) is 40.8 Å². The molecule has 132 valence electrons. The van der Waals surface area contributed by atoms with Gasteiger partial charge < -0.3 is 19.9 Å². The van der Waals surface area contributed by atoms with Gasteiger partial charge in [0, 0.05) is 37.9 Å². The SMILES string of the molecule is CCn1cc(C(=O)O)c(=O)c2c(N3CC4CCC3CN4)c(F)ccc21. The quantitative estimate of drug-likeness (QED) is 0.887. The van der Waals surface area contributed by atoms with Crippen molar-refractivity contribution in [1.82, 2.24) is 9.88 Å². The van der Waals surface area contributed by atoms with Gasteiger partial charge in [-0.05, 0) is 31.9 Å². The molecule has 7 heteroatoms. The van der Waals surface area contributed by atoms with Crippen molar-refractivity contribution in [1.29, 1.82) is 0 Å². The zero-order valence-electron chi connectivity index (χ0n) is 14.0. The second-order valence-corrected chi connectivity index (χ2v) is 6.74. The van der Waals surface area contributed by atoms with Crippen LogP contribution in [0, 0.1) is 5.82 Å². The second kappa shape index (κ2) is 5.84. The number of benzene rings is 1. The molecule has 5 rings (SSSR count). The van der Waals surface area contributed by atoms with E-state index in [1.165, 1.54) is 12.3 Å². The minimum Gasteiger partial charge on any atom is -0.477 e. The molecule has 3 saturated heterocycles. The summed E-state index contributed by atoms with van der Waals surface area (Å²) in [5, 5.41) is 13.0. The molecule has 3 fully saturated rings. The molecule has 3 aliphatic heterocycles. The van der Waals surface area contributed by atoms with Gasteiger partial charge in [0.25, 0.3) is 0 Å². The summed E-state index contributed by atoms with van der Waals surface area (Å²) >= 11 is 0. The van der Waals surface area contributed by atoms with Crippen molar-refractivity contribution in [3.8, 4) is 0 Å². The highest BCUT2D eigenvalue weighted by atomic mass is 19.1. The maximum Gasteiger partial charge on any atom is 0.341 e. The number of fused-ring (bicyclic) bond motifs is 4. The first-order valence-electron chi connectivity index (χ1n) is 8.60. The van der Waals surface area contributed by atoms with E-state index >= 15 is 0 Å². The largest absolute Gasteiger partial charge is 0.477 e. The topological polar surface area (TPSA) is 74.6 Å². The average molecular weight is 345 g/mol. The van der Waals surface area contributed by atoms with Crippen LogP contribution < -0.4 is 15.6 Å². The maximum atomic E-state index is 14.8. The summed E-state index contributed by atoms with van der Waals surface area (Å²) in [5.74, 6) is -1.76. The fraction of sp³-hybridized carbons (Fsp3) is 0.444. The number of hydrogen-bond acceptors (Lipinski definition) is 4. The molecule has 25 heavy (non-hydrogen) atoms. The lowest BCUT2D eigenvalue weighted by atomic mass is 9.91. The molecule has 2 bridgehead atoms. The van der Waals surface area contributed by atoms with E-state index in [9.17, 15) is 19.1 Å². The highest BCUT2D eigenvalue weighted by molar-refractivity contribution is 5.98. The van der Waals surface area contributed by atoms with E-state index in [1.807, 2.05) is 11.8 Å². The van der Waals surface area contributed by atoms with Crippen molar-refractivity contribution < 1.29 is 14.3 Å². The van der Waals surface area contributed by atoms with Crippen molar-refractivity contribution in [2.75, 3.05) is 18.0 Å². The van der Waals surface area contributed by atoms with Crippen LogP contribution >= 0.6 is 0 Å². The van der Waals surface area contributed by atoms with E-state index in [4.69, 9.17) is 0 Å². The average Bonchev–Trinajstić information content (AvgIpc) is 2.62. The highest BCUT2D eigenvalue weighted by Gasteiger charge is 2.36. The van der Waals surface area contributed by atoms with E-state index in [0.29, 0.717) is 18.6 Å². The Kier molecular flexibility index (Phi) is 3.76. The Balaban J connectivity index is 2.03. The minimum atomic E-state index is -1.29. The smallest absolute Gasteiger partial charge is 0.341 e. The van der Waals surface area contributed by atoms with Crippen molar-refractivity contribution in [3.63, 3.8) is 0 Å². The Bertz CT molecular complexity index is 916. The Morgan fingerprint density at radius 3 is 2.76 bits per heavy atom. The number of piperidine rings is 2. The van der Waals surface area contributed by atoms with Crippen LogP contribution in [0.25, 0.3) is 10.9 Å². The molecule has 0 spiro atoms. The summed E-state index contributed by atoms with van der Waals surface area (Å²) in [6.07, 6.45) is 3.32. The number of carbonyl (C=O) groups is 1. The zero-order chi connectivity index (χ0) is 17.7. The number of aromatic carboxylic acids is 1. The van der Waals surface area contributed by atoms with Gasteiger partial charge >= 0.3 is 5.97 Å². The number of hydrogen-bond donors (Lipinski definition) is 2. The highest BCUT2D eigenvalue weighted by Crippen LogP contribution is 2.34. The van der Waals surface area contributed by atoms with Crippen LogP contribution in [0.2, 0.25) is 0 Å². The fourth-order valence-electron chi connectivity index (χ4n) is 4.11. The van der Waals surface area contributed by atoms with Gasteiger partial charge in [-0.15, -0.1) is 0 Å². The maximum absolute atomic E-state index is 14.8. The number of piperazine rings is 1. The number of carboxylic acids is 1. The molecule has 2 atom stereocenters. The monoisotopic (exact) mass is 345 g/mol. The van der Waals surface area contributed by atoms with Gasteiger partial charge in [-0.1, -0.05) is 0 Å². The third-order valence-electron chi connectivity index (χ3n) is 5.38. The Morgan fingerprint density at radius 2 is 2.20 bits per heavy atom.